The summed E-state index contributed by atoms with van der Waals surface area (Å²) in [6, 6.07) is 2.53. The van der Waals surface area contributed by atoms with Crippen molar-refractivity contribution in [3.05, 3.63) is 24.2 Å². The van der Waals surface area contributed by atoms with Gasteiger partial charge >= 0.3 is 6.03 Å². The lowest BCUT2D eigenvalue weighted by Crippen LogP contribution is -2.48. The van der Waals surface area contributed by atoms with E-state index in [-0.39, 0.29) is 11.9 Å². The second kappa shape index (κ2) is 6.80. The van der Waals surface area contributed by atoms with Gasteiger partial charge in [0, 0.05) is 6.54 Å². The Morgan fingerprint density at radius 3 is 2.67 bits per heavy atom. The van der Waals surface area contributed by atoms with E-state index in [2.05, 4.69) is 16.0 Å². The number of hydrogen-bond donors (Lipinski definition) is 3. The monoisotopic (exact) mass is 253 g/mol. The molecular formula is C12H19N3O3. The SMILES string of the molecule is CCNC(=O)NC(=O)C(C)NC(C)c1ccco1. The largest absolute Gasteiger partial charge is 0.468 e. The first-order valence-electron chi connectivity index (χ1n) is 5.92. The number of rotatable bonds is 5. The van der Waals surface area contributed by atoms with Crippen molar-refractivity contribution in [3.8, 4) is 0 Å². The minimum absolute atomic E-state index is 0.102. The van der Waals surface area contributed by atoms with E-state index in [1.807, 2.05) is 13.0 Å². The quantitative estimate of drug-likeness (QED) is 0.735. The van der Waals surface area contributed by atoms with Crippen LogP contribution in [0.3, 0.4) is 0 Å². The van der Waals surface area contributed by atoms with Crippen molar-refractivity contribution in [2.45, 2.75) is 32.9 Å². The summed E-state index contributed by atoms with van der Waals surface area (Å²) in [5, 5.41) is 7.79. The molecule has 3 N–H and O–H groups in total. The Morgan fingerprint density at radius 2 is 2.11 bits per heavy atom. The molecule has 0 aliphatic heterocycles. The van der Waals surface area contributed by atoms with Crippen LogP contribution in [-0.2, 0) is 4.79 Å². The van der Waals surface area contributed by atoms with Crippen LogP contribution in [0, 0.1) is 0 Å². The third-order valence-corrected chi connectivity index (χ3v) is 2.44. The van der Waals surface area contributed by atoms with Gasteiger partial charge in [-0.3, -0.25) is 15.4 Å². The fourth-order valence-electron chi connectivity index (χ4n) is 1.50. The first kappa shape index (κ1) is 14.2. The Bertz CT molecular complexity index is 389. The zero-order valence-corrected chi connectivity index (χ0v) is 10.8. The number of imide groups is 1. The van der Waals surface area contributed by atoms with E-state index >= 15 is 0 Å². The Kier molecular flexibility index (Phi) is 5.38. The highest BCUT2D eigenvalue weighted by Crippen LogP contribution is 2.12. The summed E-state index contributed by atoms with van der Waals surface area (Å²) in [5.74, 6) is 0.368. The molecule has 3 amide bonds. The predicted molar refractivity (Wildman–Crippen MR) is 66.9 cm³/mol. The molecule has 2 unspecified atom stereocenters. The van der Waals surface area contributed by atoms with Crippen molar-refractivity contribution in [1.82, 2.24) is 16.0 Å². The number of amides is 3. The minimum atomic E-state index is -0.493. The summed E-state index contributed by atoms with van der Waals surface area (Å²) < 4.78 is 5.22. The molecule has 0 fully saturated rings. The first-order chi connectivity index (χ1) is 8.54. The van der Waals surface area contributed by atoms with Gasteiger partial charge in [-0.15, -0.1) is 0 Å². The average molecular weight is 253 g/mol. The van der Waals surface area contributed by atoms with Crippen molar-refractivity contribution >= 4 is 11.9 Å². The van der Waals surface area contributed by atoms with Crippen molar-refractivity contribution in [2.75, 3.05) is 6.54 Å². The van der Waals surface area contributed by atoms with Crippen LogP contribution in [0.5, 0.6) is 0 Å². The molecule has 0 spiro atoms. The van der Waals surface area contributed by atoms with E-state index in [0.29, 0.717) is 6.54 Å². The number of carbonyl (C=O) groups is 2. The Hall–Kier alpha value is -1.82. The van der Waals surface area contributed by atoms with Gasteiger partial charge in [-0.05, 0) is 32.9 Å². The van der Waals surface area contributed by atoms with Gasteiger partial charge in [0.1, 0.15) is 5.76 Å². The third kappa shape index (κ3) is 4.21. The van der Waals surface area contributed by atoms with E-state index in [9.17, 15) is 9.59 Å². The molecule has 1 aromatic rings. The van der Waals surface area contributed by atoms with Gasteiger partial charge in [-0.2, -0.15) is 0 Å². The smallest absolute Gasteiger partial charge is 0.321 e. The van der Waals surface area contributed by atoms with Crippen LogP contribution < -0.4 is 16.0 Å². The van der Waals surface area contributed by atoms with Crippen molar-refractivity contribution < 1.29 is 14.0 Å². The Morgan fingerprint density at radius 1 is 1.39 bits per heavy atom. The number of urea groups is 1. The van der Waals surface area contributed by atoms with Gasteiger partial charge in [0.05, 0.1) is 18.3 Å². The van der Waals surface area contributed by atoms with Gasteiger partial charge in [-0.25, -0.2) is 4.79 Å². The molecular weight excluding hydrogens is 234 g/mol. The van der Waals surface area contributed by atoms with Crippen LogP contribution in [0.15, 0.2) is 22.8 Å². The van der Waals surface area contributed by atoms with Gasteiger partial charge in [0.25, 0.3) is 0 Å². The molecule has 0 saturated heterocycles. The maximum absolute atomic E-state index is 11.7. The van der Waals surface area contributed by atoms with Gasteiger partial charge in [-0.1, -0.05) is 0 Å². The number of carbonyl (C=O) groups excluding carboxylic acids is 2. The van der Waals surface area contributed by atoms with Crippen LogP contribution in [0.4, 0.5) is 4.79 Å². The van der Waals surface area contributed by atoms with Gasteiger partial charge in [0.2, 0.25) is 5.91 Å². The molecule has 18 heavy (non-hydrogen) atoms. The molecule has 2 atom stereocenters. The molecule has 1 heterocycles. The molecule has 0 aliphatic carbocycles. The number of nitrogens with one attached hydrogen (secondary N) is 3. The van der Waals surface area contributed by atoms with E-state index in [0.717, 1.165) is 5.76 Å². The summed E-state index contributed by atoms with van der Waals surface area (Å²) in [7, 11) is 0. The number of furan rings is 1. The molecule has 1 aromatic heterocycles. The van der Waals surface area contributed by atoms with Crippen molar-refractivity contribution in [3.63, 3.8) is 0 Å². The van der Waals surface area contributed by atoms with E-state index < -0.39 is 12.1 Å². The lowest BCUT2D eigenvalue weighted by atomic mass is 10.2. The lowest BCUT2D eigenvalue weighted by Gasteiger charge is -2.17. The normalized spacial score (nSPS) is 13.7. The average Bonchev–Trinajstić information content (AvgIpc) is 2.82. The van der Waals surface area contributed by atoms with Crippen molar-refractivity contribution in [2.24, 2.45) is 0 Å². The summed E-state index contributed by atoms with van der Waals surface area (Å²) in [6.07, 6.45) is 1.58. The highest BCUT2D eigenvalue weighted by Gasteiger charge is 2.18. The van der Waals surface area contributed by atoms with Crippen LogP contribution in [-0.4, -0.2) is 24.5 Å². The van der Waals surface area contributed by atoms with E-state index in [1.54, 1.807) is 26.2 Å². The van der Waals surface area contributed by atoms with Gasteiger partial charge < -0.3 is 9.73 Å². The predicted octanol–water partition coefficient (Wildman–Crippen LogP) is 1.16. The maximum Gasteiger partial charge on any atom is 0.321 e. The highest BCUT2D eigenvalue weighted by atomic mass is 16.3. The summed E-state index contributed by atoms with van der Waals surface area (Å²) in [4.78, 5) is 22.9. The topological polar surface area (TPSA) is 83.4 Å². The molecule has 0 aliphatic rings. The molecule has 1 rings (SSSR count). The highest BCUT2D eigenvalue weighted by molar-refractivity contribution is 5.96. The first-order valence-corrected chi connectivity index (χ1v) is 5.92. The summed E-state index contributed by atoms with van der Waals surface area (Å²) in [6.45, 7) is 5.83. The molecule has 0 radical (unpaired) electrons. The second-order valence-electron chi connectivity index (χ2n) is 3.97. The van der Waals surface area contributed by atoms with E-state index in [4.69, 9.17) is 4.42 Å². The fourth-order valence-corrected chi connectivity index (χ4v) is 1.50. The maximum atomic E-state index is 11.7. The third-order valence-electron chi connectivity index (χ3n) is 2.44. The zero-order chi connectivity index (χ0) is 13.5. The summed E-state index contributed by atoms with van der Waals surface area (Å²) >= 11 is 0. The molecule has 0 aromatic carbocycles. The summed E-state index contributed by atoms with van der Waals surface area (Å²) in [5.41, 5.74) is 0. The van der Waals surface area contributed by atoms with E-state index in [1.165, 1.54) is 0 Å². The Balaban J connectivity index is 2.42. The standard InChI is InChI=1S/C12H19N3O3/c1-4-13-12(17)15-11(16)9(3)14-8(2)10-6-5-7-18-10/h5-9,14H,4H2,1-3H3,(H2,13,15,16,17). The Labute approximate surface area is 106 Å². The molecule has 6 heteroatoms. The number of hydrogen-bond acceptors (Lipinski definition) is 4. The molecule has 6 nitrogen and oxygen atoms in total. The van der Waals surface area contributed by atoms with Crippen LogP contribution >= 0.6 is 0 Å². The lowest BCUT2D eigenvalue weighted by molar-refractivity contribution is -0.121. The zero-order valence-electron chi connectivity index (χ0n) is 10.8. The van der Waals surface area contributed by atoms with Crippen molar-refractivity contribution in [1.29, 1.82) is 0 Å². The fraction of sp³-hybridized carbons (Fsp3) is 0.500. The van der Waals surface area contributed by atoms with Crippen LogP contribution in [0.1, 0.15) is 32.6 Å². The van der Waals surface area contributed by atoms with Crippen LogP contribution in [0.25, 0.3) is 0 Å². The minimum Gasteiger partial charge on any atom is -0.468 e. The van der Waals surface area contributed by atoms with Gasteiger partial charge in [0.15, 0.2) is 0 Å². The molecule has 100 valence electrons. The second-order valence-corrected chi connectivity index (χ2v) is 3.97. The van der Waals surface area contributed by atoms with Crippen LogP contribution in [0.2, 0.25) is 0 Å². The molecule has 0 saturated carbocycles. The molecule has 0 bridgehead atoms.